The number of hydrogen-bond donors (Lipinski definition) is 2. The van der Waals surface area contributed by atoms with E-state index < -0.39 is 0 Å². The van der Waals surface area contributed by atoms with E-state index in [4.69, 9.17) is 4.42 Å². The molecule has 0 spiro atoms. The third-order valence-electron chi connectivity index (χ3n) is 2.92. The van der Waals surface area contributed by atoms with Gasteiger partial charge in [-0.2, -0.15) is 0 Å². The fraction of sp³-hybridized carbons (Fsp3) is 0.0625. The Bertz CT molecular complexity index is 767. The minimum Gasteiger partial charge on any atom is -0.463 e. The van der Waals surface area contributed by atoms with Crippen molar-refractivity contribution in [2.24, 2.45) is 0 Å². The minimum absolute atomic E-state index is 0.0976. The fourth-order valence-corrected chi connectivity index (χ4v) is 1.97. The molecule has 0 unspecified atom stereocenters. The number of nitrogens with zero attached hydrogens (tertiary/aromatic N) is 2. The van der Waals surface area contributed by atoms with Crippen molar-refractivity contribution in [2.45, 2.75) is 6.92 Å². The number of hydrogen-bond acceptors (Lipinski definition) is 5. The van der Waals surface area contributed by atoms with Crippen LogP contribution < -0.4 is 10.6 Å². The lowest BCUT2D eigenvalue weighted by Gasteiger charge is -2.07. The summed E-state index contributed by atoms with van der Waals surface area (Å²) in [6, 6.07) is 12.8. The Balaban J connectivity index is 1.76. The Morgan fingerprint density at radius 1 is 1.09 bits per heavy atom. The zero-order chi connectivity index (χ0) is 15.4. The van der Waals surface area contributed by atoms with Gasteiger partial charge < -0.3 is 15.1 Å². The number of anilines is 3. The summed E-state index contributed by atoms with van der Waals surface area (Å²) in [6.45, 7) is 1.48. The van der Waals surface area contributed by atoms with Gasteiger partial charge in [-0.05, 0) is 36.4 Å². The monoisotopic (exact) mass is 294 g/mol. The van der Waals surface area contributed by atoms with Crippen molar-refractivity contribution in [2.75, 3.05) is 10.6 Å². The van der Waals surface area contributed by atoms with Crippen LogP contribution in [0.15, 0.2) is 59.5 Å². The zero-order valence-electron chi connectivity index (χ0n) is 11.9. The highest BCUT2D eigenvalue weighted by molar-refractivity contribution is 5.88. The van der Waals surface area contributed by atoms with E-state index in [1.165, 1.54) is 13.3 Å². The molecule has 2 N–H and O–H groups in total. The average Bonchev–Trinajstić information content (AvgIpc) is 3.03. The fourth-order valence-electron chi connectivity index (χ4n) is 1.97. The zero-order valence-corrected chi connectivity index (χ0v) is 11.9. The molecule has 1 amide bonds. The van der Waals surface area contributed by atoms with Crippen molar-refractivity contribution in [1.29, 1.82) is 0 Å². The van der Waals surface area contributed by atoms with Crippen LogP contribution in [-0.4, -0.2) is 15.9 Å². The first-order valence-electron chi connectivity index (χ1n) is 6.71. The predicted molar refractivity (Wildman–Crippen MR) is 83.8 cm³/mol. The van der Waals surface area contributed by atoms with Gasteiger partial charge in [-0.15, -0.1) is 0 Å². The highest BCUT2D eigenvalue weighted by atomic mass is 16.3. The van der Waals surface area contributed by atoms with Crippen LogP contribution in [0, 0.1) is 0 Å². The normalized spacial score (nSPS) is 10.2. The van der Waals surface area contributed by atoms with Gasteiger partial charge in [0, 0.05) is 24.4 Å². The van der Waals surface area contributed by atoms with Crippen LogP contribution >= 0.6 is 0 Å². The number of benzene rings is 1. The van der Waals surface area contributed by atoms with Crippen LogP contribution in [0.3, 0.4) is 0 Å². The Labute approximate surface area is 127 Å². The molecule has 0 aliphatic carbocycles. The van der Waals surface area contributed by atoms with Gasteiger partial charge in [-0.25, -0.2) is 9.97 Å². The van der Waals surface area contributed by atoms with Gasteiger partial charge in [0.05, 0.1) is 6.26 Å². The molecule has 6 nitrogen and oxygen atoms in total. The maximum Gasteiger partial charge on any atom is 0.221 e. The summed E-state index contributed by atoms with van der Waals surface area (Å²) in [5, 5.41) is 5.90. The van der Waals surface area contributed by atoms with Crippen LogP contribution in [-0.2, 0) is 4.79 Å². The molecule has 2 heterocycles. The smallest absolute Gasteiger partial charge is 0.221 e. The Hall–Kier alpha value is -3.15. The van der Waals surface area contributed by atoms with E-state index in [9.17, 15) is 4.79 Å². The summed E-state index contributed by atoms with van der Waals surface area (Å²) < 4.78 is 5.32. The summed E-state index contributed by atoms with van der Waals surface area (Å²) in [6.07, 6.45) is 3.08. The topological polar surface area (TPSA) is 80.0 Å². The van der Waals surface area contributed by atoms with Gasteiger partial charge in [-0.1, -0.05) is 0 Å². The molecule has 0 radical (unpaired) electrons. The van der Waals surface area contributed by atoms with E-state index >= 15 is 0 Å². The molecule has 0 fully saturated rings. The van der Waals surface area contributed by atoms with Crippen molar-refractivity contribution >= 4 is 23.1 Å². The molecular formula is C16H14N4O2. The van der Waals surface area contributed by atoms with Crippen molar-refractivity contribution in [3.63, 3.8) is 0 Å². The average molecular weight is 294 g/mol. The lowest BCUT2D eigenvalue weighted by atomic mass is 10.2. The van der Waals surface area contributed by atoms with Crippen LogP contribution in [0.1, 0.15) is 6.92 Å². The molecule has 1 aromatic carbocycles. The van der Waals surface area contributed by atoms with E-state index in [1.807, 2.05) is 36.4 Å². The van der Waals surface area contributed by atoms with Gasteiger partial charge >= 0.3 is 0 Å². The highest BCUT2D eigenvalue weighted by Gasteiger charge is 2.04. The molecule has 0 saturated heterocycles. The number of furan rings is 1. The number of carbonyl (C=O) groups excluding carboxylic acids is 1. The third kappa shape index (κ3) is 3.29. The molecule has 3 rings (SSSR count). The number of carbonyl (C=O) groups is 1. The number of aromatic nitrogens is 2. The largest absolute Gasteiger partial charge is 0.463 e. The van der Waals surface area contributed by atoms with Gasteiger partial charge in [0.2, 0.25) is 5.91 Å². The molecule has 6 heteroatoms. The molecule has 0 aliphatic rings. The lowest BCUT2D eigenvalue weighted by Crippen LogP contribution is -2.05. The van der Waals surface area contributed by atoms with Gasteiger partial charge in [0.15, 0.2) is 5.76 Å². The van der Waals surface area contributed by atoms with Crippen molar-refractivity contribution in [1.82, 2.24) is 9.97 Å². The lowest BCUT2D eigenvalue weighted by molar-refractivity contribution is -0.114. The van der Waals surface area contributed by atoms with E-state index in [0.717, 1.165) is 11.4 Å². The van der Waals surface area contributed by atoms with E-state index in [0.29, 0.717) is 17.3 Å². The van der Waals surface area contributed by atoms with Crippen LogP contribution in [0.2, 0.25) is 0 Å². The summed E-state index contributed by atoms with van der Waals surface area (Å²) in [5.41, 5.74) is 2.31. The summed E-state index contributed by atoms with van der Waals surface area (Å²) in [5.74, 6) is 1.25. The second-order valence-electron chi connectivity index (χ2n) is 4.65. The maximum atomic E-state index is 11.0. The summed E-state index contributed by atoms with van der Waals surface area (Å²) in [4.78, 5) is 19.3. The summed E-state index contributed by atoms with van der Waals surface area (Å²) >= 11 is 0. The molecular weight excluding hydrogens is 280 g/mol. The van der Waals surface area contributed by atoms with Crippen LogP contribution in [0.4, 0.5) is 17.2 Å². The molecule has 0 atom stereocenters. The molecule has 2 aromatic heterocycles. The number of amides is 1. The van der Waals surface area contributed by atoms with E-state index in [-0.39, 0.29) is 5.91 Å². The third-order valence-corrected chi connectivity index (χ3v) is 2.92. The Kier molecular flexibility index (Phi) is 3.82. The number of nitrogens with one attached hydrogen (secondary N) is 2. The molecule has 22 heavy (non-hydrogen) atoms. The molecule has 0 saturated carbocycles. The molecule has 110 valence electrons. The maximum absolute atomic E-state index is 11.0. The van der Waals surface area contributed by atoms with Crippen molar-refractivity contribution in [3.8, 4) is 11.5 Å². The minimum atomic E-state index is -0.0976. The second-order valence-corrected chi connectivity index (χ2v) is 4.65. The Morgan fingerprint density at radius 2 is 1.86 bits per heavy atom. The molecule has 0 bridgehead atoms. The van der Waals surface area contributed by atoms with Crippen LogP contribution in [0.25, 0.3) is 11.5 Å². The van der Waals surface area contributed by atoms with E-state index in [2.05, 4.69) is 20.6 Å². The highest BCUT2D eigenvalue weighted by Crippen LogP contribution is 2.22. The first kappa shape index (κ1) is 13.8. The number of rotatable bonds is 4. The van der Waals surface area contributed by atoms with Crippen LogP contribution in [0.5, 0.6) is 0 Å². The molecule has 3 aromatic rings. The quantitative estimate of drug-likeness (QED) is 0.770. The molecule has 0 aliphatic heterocycles. The summed E-state index contributed by atoms with van der Waals surface area (Å²) in [7, 11) is 0. The van der Waals surface area contributed by atoms with Gasteiger partial charge in [0.1, 0.15) is 17.8 Å². The SMILES string of the molecule is CC(=O)Nc1ccc(Nc2cc(-c3ccco3)ncn2)cc1. The standard InChI is InChI=1S/C16H14N4O2/c1-11(21)19-12-4-6-13(7-5-12)20-16-9-14(17-10-18-16)15-3-2-8-22-15/h2-10H,1H3,(H,19,21)(H,17,18,20). The van der Waals surface area contributed by atoms with Crippen molar-refractivity contribution in [3.05, 3.63) is 55.1 Å². The Morgan fingerprint density at radius 3 is 2.55 bits per heavy atom. The van der Waals surface area contributed by atoms with Gasteiger partial charge in [-0.3, -0.25) is 4.79 Å². The second kappa shape index (κ2) is 6.09. The van der Waals surface area contributed by atoms with Gasteiger partial charge in [0.25, 0.3) is 0 Å². The first-order chi connectivity index (χ1) is 10.7. The predicted octanol–water partition coefficient (Wildman–Crippen LogP) is 3.44. The first-order valence-corrected chi connectivity index (χ1v) is 6.71. The van der Waals surface area contributed by atoms with Crippen molar-refractivity contribution < 1.29 is 9.21 Å². The van der Waals surface area contributed by atoms with E-state index in [1.54, 1.807) is 12.3 Å².